The lowest BCUT2D eigenvalue weighted by Gasteiger charge is -2.27. The van der Waals surface area contributed by atoms with Crippen molar-refractivity contribution in [2.24, 2.45) is 0 Å². The molecule has 0 bridgehead atoms. The number of carbonyl (C=O) groups excluding carboxylic acids is 1. The molecule has 3 rings (SSSR count). The first-order chi connectivity index (χ1) is 12.8. The van der Waals surface area contributed by atoms with Crippen LogP contribution in [-0.2, 0) is 9.53 Å². The largest absolute Gasteiger partial charge is 0.490 e. The van der Waals surface area contributed by atoms with Crippen molar-refractivity contribution in [1.82, 2.24) is 4.90 Å². The van der Waals surface area contributed by atoms with Crippen LogP contribution in [-0.4, -0.2) is 56.9 Å². The number of nitrogens with one attached hydrogen (secondary N) is 1. The molecule has 0 radical (unpaired) electrons. The molecule has 1 aliphatic heterocycles. The molecule has 0 spiro atoms. The number of amides is 1. The smallest absolute Gasteiger partial charge is 0.242 e. The third kappa shape index (κ3) is 5.67. The van der Waals surface area contributed by atoms with E-state index in [0.29, 0.717) is 39.5 Å². The number of morpholine rings is 1. The van der Waals surface area contributed by atoms with Gasteiger partial charge < -0.3 is 24.4 Å². The fraction of sp³-hybridized carbons (Fsp3) is 0.350. The van der Waals surface area contributed by atoms with Gasteiger partial charge >= 0.3 is 0 Å². The Morgan fingerprint density at radius 2 is 1.65 bits per heavy atom. The monoisotopic (exact) mass is 356 g/mol. The second-order valence-corrected chi connectivity index (χ2v) is 5.88. The van der Waals surface area contributed by atoms with Crippen LogP contribution in [0.2, 0.25) is 0 Å². The number of anilines is 1. The molecule has 1 N–H and O–H groups in total. The Labute approximate surface area is 153 Å². The fourth-order valence-corrected chi connectivity index (χ4v) is 2.63. The quantitative estimate of drug-likeness (QED) is 0.736. The lowest BCUT2D eigenvalue weighted by atomic mass is 10.3. The van der Waals surface area contributed by atoms with E-state index in [2.05, 4.69) is 5.32 Å². The summed E-state index contributed by atoms with van der Waals surface area (Å²) in [5, 5.41) is 3.16. The Balaban J connectivity index is 1.40. The molecule has 1 amide bonds. The molecule has 6 nitrogen and oxygen atoms in total. The second-order valence-electron chi connectivity index (χ2n) is 5.88. The van der Waals surface area contributed by atoms with E-state index >= 15 is 0 Å². The molecule has 0 aromatic heterocycles. The number of hydrogen-bond acceptors (Lipinski definition) is 5. The molecule has 6 heteroatoms. The molecular formula is C20H24N2O4. The maximum Gasteiger partial charge on any atom is 0.242 e. The number of nitrogens with zero attached hydrogens (tertiary/aromatic N) is 1. The topological polar surface area (TPSA) is 60.0 Å². The highest BCUT2D eigenvalue weighted by Gasteiger charge is 2.16. The number of hydrogen-bond donors (Lipinski definition) is 1. The predicted molar refractivity (Wildman–Crippen MR) is 99.8 cm³/mol. The van der Waals surface area contributed by atoms with E-state index in [1.807, 2.05) is 59.5 Å². The molecule has 138 valence electrons. The lowest BCUT2D eigenvalue weighted by molar-refractivity contribution is -0.133. The molecule has 0 aliphatic carbocycles. The molecule has 1 aliphatic rings. The minimum absolute atomic E-state index is 0.0795. The van der Waals surface area contributed by atoms with Gasteiger partial charge in [0.25, 0.3) is 0 Å². The van der Waals surface area contributed by atoms with Crippen LogP contribution in [0.1, 0.15) is 0 Å². The SMILES string of the molecule is O=C(CNc1cccc(OCCOc2ccccc2)c1)N1CCOCC1. The van der Waals surface area contributed by atoms with Crippen LogP contribution in [0.15, 0.2) is 54.6 Å². The van der Waals surface area contributed by atoms with Crippen molar-refractivity contribution in [2.75, 3.05) is 51.4 Å². The molecule has 2 aromatic rings. The summed E-state index contributed by atoms with van der Waals surface area (Å²) in [5.41, 5.74) is 0.855. The summed E-state index contributed by atoms with van der Waals surface area (Å²) in [6.45, 7) is 3.72. The first-order valence-corrected chi connectivity index (χ1v) is 8.81. The molecule has 2 aromatic carbocycles. The van der Waals surface area contributed by atoms with Gasteiger partial charge in [-0.15, -0.1) is 0 Å². The Hall–Kier alpha value is -2.73. The molecule has 1 fully saturated rings. The van der Waals surface area contributed by atoms with Crippen LogP contribution >= 0.6 is 0 Å². The number of rotatable bonds is 8. The molecular weight excluding hydrogens is 332 g/mol. The van der Waals surface area contributed by atoms with Gasteiger partial charge in [0.2, 0.25) is 5.91 Å². The van der Waals surface area contributed by atoms with E-state index in [0.717, 1.165) is 17.2 Å². The summed E-state index contributed by atoms with van der Waals surface area (Å²) in [6.07, 6.45) is 0. The third-order valence-electron chi connectivity index (χ3n) is 4.01. The van der Waals surface area contributed by atoms with Gasteiger partial charge in [0.05, 0.1) is 19.8 Å². The van der Waals surface area contributed by atoms with Gasteiger partial charge in [0.1, 0.15) is 24.7 Å². The van der Waals surface area contributed by atoms with Crippen LogP contribution in [0.3, 0.4) is 0 Å². The van der Waals surface area contributed by atoms with E-state index < -0.39 is 0 Å². The molecule has 0 unspecified atom stereocenters. The van der Waals surface area contributed by atoms with Gasteiger partial charge in [0.15, 0.2) is 0 Å². The Kier molecular flexibility index (Phi) is 6.73. The van der Waals surface area contributed by atoms with Crippen LogP contribution in [0, 0.1) is 0 Å². The summed E-state index contributed by atoms with van der Waals surface area (Å²) >= 11 is 0. The van der Waals surface area contributed by atoms with Crippen molar-refractivity contribution in [3.05, 3.63) is 54.6 Å². The summed E-state index contributed by atoms with van der Waals surface area (Å²) in [7, 11) is 0. The van der Waals surface area contributed by atoms with Crippen LogP contribution < -0.4 is 14.8 Å². The Morgan fingerprint density at radius 3 is 2.42 bits per heavy atom. The average Bonchev–Trinajstić information content (AvgIpc) is 2.71. The second kappa shape index (κ2) is 9.68. The number of carbonyl (C=O) groups is 1. The Morgan fingerprint density at radius 1 is 0.962 bits per heavy atom. The molecule has 0 atom stereocenters. The number of benzene rings is 2. The first kappa shape index (κ1) is 18.1. The van der Waals surface area contributed by atoms with Gasteiger partial charge in [-0.05, 0) is 24.3 Å². The van der Waals surface area contributed by atoms with Crippen molar-refractivity contribution in [1.29, 1.82) is 0 Å². The zero-order valence-electron chi connectivity index (χ0n) is 14.7. The molecule has 26 heavy (non-hydrogen) atoms. The highest BCUT2D eigenvalue weighted by molar-refractivity contribution is 5.81. The van der Waals surface area contributed by atoms with Gasteiger partial charge in [-0.1, -0.05) is 24.3 Å². The van der Waals surface area contributed by atoms with Crippen molar-refractivity contribution >= 4 is 11.6 Å². The number of para-hydroxylation sites is 1. The third-order valence-corrected chi connectivity index (χ3v) is 4.01. The maximum absolute atomic E-state index is 12.2. The highest BCUT2D eigenvalue weighted by Crippen LogP contribution is 2.17. The van der Waals surface area contributed by atoms with Crippen LogP contribution in [0.4, 0.5) is 5.69 Å². The number of ether oxygens (including phenoxy) is 3. The maximum atomic E-state index is 12.2. The fourth-order valence-electron chi connectivity index (χ4n) is 2.63. The van der Waals surface area contributed by atoms with Crippen molar-refractivity contribution in [3.63, 3.8) is 0 Å². The standard InChI is InChI=1S/C20H24N2O4/c23-20(22-9-11-24-12-10-22)16-21-17-5-4-8-19(15-17)26-14-13-25-18-6-2-1-3-7-18/h1-8,15,21H,9-14,16H2. The van der Waals surface area contributed by atoms with E-state index in [1.54, 1.807) is 0 Å². The van der Waals surface area contributed by atoms with Crippen LogP contribution in [0.25, 0.3) is 0 Å². The Bertz CT molecular complexity index is 687. The summed E-state index contributed by atoms with van der Waals surface area (Å²) in [4.78, 5) is 14.0. The molecule has 0 saturated carbocycles. The first-order valence-electron chi connectivity index (χ1n) is 8.81. The van der Waals surface area contributed by atoms with Crippen LogP contribution in [0.5, 0.6) is 11.5 Å². The van der Waals surface area contributed by atoms with E-state index in [9.17, 15) is 4.79 Å². The predicted octanol–water partition coefficient (Wildman–Crippen LogP) is 2.42. The van der Waals surface area contributed by atoms with Crippen molar-refractivity contribution in [2.45, 2.75) is 0 Å². The highest BCUT2D eigenvalue weighted by atomic mass is 16.5. The molecule has 1 heterocycles. The molecule has 1 saturated heterocycles. The minimum atomic E-state index is 0.0795. The summed E-state index contributed by atoms with van der Waals surface area (Å²) < 4.78 is 16.6. The van der Waals surface area contributed by atoms with Gasteiger partial charge in [-0.25, -0.2) is 0 Å². The van der Waals surface area contributed by atoms with Crippen molar-refractivity contribution in [3.8, 4) is 11.5 Å². The van der Waals surface area contributed by atoms with Crippen molar-refractivity contribution < 1.29 is 19.0 Å². The average molecular weight is 356 g/mol. The van der Waals surface area contributed by atoms with Gasteiger partial charge in [-0.2, -0.15) is 0 Å². The van der Waals surface area contributed by atoms with Gasteiger partial charge in [0, 0.05) is 24.8 Å². The van der Waals surface area contributed by atoms with E-state index in [4.69, 9.17) is 14.2 Å². The zero-order valence-corrected chi connectivity index (χ0v) is 14.7. The summed E-state index contributed by atoms with van der Waals surface area (Å²) in [5.74, 6) is 1.65. The van der Waals surface area contributed by atoms with E-state index in [-0.39, 0.29) is 12.5 Å². The normalized spacial score (nSPS) is 13.9. The lowest BCUT2D eigenvalue weighted by Crippen LogP contribution is -2.43. The van der Waals surface area contributed by atoms with E-state index in [1.165, 1.54) is 0 Å². The minimum Gasteiger partial charge on any atom is -0.490 e. The summed E-state index contributed by atoms with van der Waals surface area (Å²) in [6, 6.07) is 17.2. The zero-order chi connectivity index (χ0) is 18.0. The van der Waals surface area contributed by atoms with Gasteiger partial charge in [-0.3, -0.25) is 4.79 Å².